The van der Waals surface area contributed by atoms with Gasteiger partial charge < -0.3 is 10.3 Å². The van der Waals surface area contributed by atoms with Gasteiger partial charge in [0.2, 0.25) is 0 Å². The SMILES string of the molecule is CC1(C)CC(c2ccccc2)=C[NH+]1[O-]. The van der Waals surface area contributed by atoms with Crippen LogP contribution in [-0.4, -0.2) is 5.54 Å². The molecule has 0 fully saturated rings. The van der Waals surface area contributed by atoms with Crippen LogP contribution in [0.15, 0.2) is 36.5 Å². The number of nitrogens with one attached hydrogen (secondary N) is 1. The van der Waals surface area contributed by atoms with Crippen LogP contribution in [0.5, 0.6) is 0 Å². The van der Waals surface area contributed by atoms with Gasteiger partial charge in [-0.05, 0) is 19.4 Å². The highest BCUT2D eigenvalue weighted by Crippen LogP contribution is 2.26. The first kappa shape index (κ1) is 9.44. The molecular formula is C12H15NO. The third-order valence-corrected chi connectivity index (χ3v) is 2.75. The predicted molar refractivity (Wildman–Crippen MR) is 57.4 cm³/mol. The molecule has 1 unspecified atom stereocenters. The van der Waals surface area contributed by atoms with E-state index in [1.807, 2.05) is 32.0 Å². The van der Waals surface area contributed by atoms with Gasteiger partial charge in [-0.25, -0.2) is 0 Å². The summed E-state index contributed by atoms with van der Waals surface area (Å²) in [5, 5.41) is 11.8. The van der Waals surface area contributed by atoms with Crippen molar-refractivity contribution in [2.24, 2.45) is 0 Å². The van der Waals surface area contributed by atoms with Crippen LogP contribution in [0.4, 0.5) is 0 Å². The zero-order chi connectivity index (χ0) is 10.2. The smallest absolute Gasteiger partial charge is 0.100 e. The summed E-state index contributed by atoms with van der Waals surface area (Å²) in [6.07, 6.45) is 2.64. The van der Waals surface area contributed by atoms with Crippen molar-refractivity contribution in [3.63, 3.8) is 0 Å². The van der Waals surface area contributed by atoms with Crippen LogP contribution in [0.3, 0.4) is 0 Å². The van der Waals surface area contributed by atoms with Crippen LogP contribution >= 0.6 is 0 Å². The minimum atomic E-state index is -0.203. The van der Waals surface area contributed by atoms with Crippen molar-refractivity contribution in [1.82, 2.24) is 0 Å². The Bertz CT molecular complexity index is 354. The highest BCUT2D eigenvalue weighted by atomic mass is 16.5. The molecule has 0 radical (unpaired) electrons. The van der Waals surface area contributed by atoms with Crippen molar-refractivity contribution in [3.8, 4) is 0 Å². The first-order chi connectivity index (χ1) is 6.59. The Labute approximate surface area is 84.4 Å². The first-order valence-electron chi connectivity index (χ1n) is 4.90. The van der Waals surface area contributed by atoms with Gasteiger partial charge in [0.1, 0.15) is 5.54 Å². The van der Waals surface area contributed by atoms with E-state index in [9.17, 15) is 5.21 Å². The van der Waals surface area contributed by atoms with E-state index in [1.165, 1.54) is 11.1 Å². The number of hydrogen-bond acceptors (Lipinski definition) is 1. The molecule has 0 spiro atoms. The van der Waals surface area contributed by atoms with E-state index in [0.717, 1.165) is 6.42 Å². The van der Waals surface area contributed by atoms with Gasteiger partial charge in [-0.3, -0.25) is 0 Å². The summed E-state index contributed by atoms with van der Waals surface area (Å²) in [6, 6.07) is 10.1. The van der Waals surface area contributed by atoms with Gasteiger partial charge in [0.15, 0.2) is 0 Å². The molecule has 1 aliphatic rings. The second-order valence-corrected chi connectivity index (χ2v) is 4.46. The van der Waals surface area contributed by atoms with E-state index >= 15 is 0 Å². The molecule has 1 atom stereocenters. The van der Waals surface area contributed by atoms with Crippen molar-refractivity contribution < 1.29 is 5.06 Å². The van der Waals surface area contributed by atoms with E-state index in [1.54, 1.807) is 6.20 Å². The van der Waals surface area contributed by atoms with Gasteiger partial charge in [0.25, 0.3) is 0 Å². The Morgan fingerprint density at radius 1 is 1.21 bits per heavy atom. The fourth-order valence-electron chi connectivity index (χ4n) is 1.81. The van der Waals surface area contributed by atoms with Crippen LogP contribution in [-0.2, 0) is 0 Å². The van der Waals surface area contributed by atoms with Crippen molar-refractivity contribution in [2.45, 2.75) is 25.8 Å². The summed E-state index contributed by atoms with van der Waals surface area (Å²) < 4.78 is 0. The average molecular weight is 189 g/mol. The minimum Gasteiger partial charge on any atom is -0.629 e. The predicted octanol–water partition coefficient (Wildman–Crippen LogP) is 1.59. The van der Waals surface area contributed by atoms with Crippen LogP contribution < -0.4 is 5.06 Å². The van der Waals surface area contributed by atoms with Gasteiger partial charge >= 0.3 is 0 Å². The maximum Gasteiger partial charge on any atom is 0.100 e. The largest absolute Gasteiger partial charge is 0.629 e. The number of hydrogen-bond donors (Lipinski definition) is 1. The summed E-state index contributed by atoms with van der Waals surface area (Å²) in [7, 11) is 0. The molecule has 2 rings (SSSR count). The number of hydroxylamine groups is 2. The maximum absolute atomic E-state index is 11.6. The summed E-state index contributed by atoms with van der Waals surface area (Å²) >= 11 is 0. The lowest BCUT2D eigenvalue weighted by Gasteiger charge is -2.29. The molecule has 0 saturated carbocycles. The number of rotatable bonds is 1. The quantitative estimate of drug-likeness (QED) is 0.667. The molecule has 0 saturated heterocycles. The second kappa shape index (κ2) is 3.23. The molecule has 0 amide bonds. The molecular weight excluding hydrogens is 174 g/mol. The molecule has 1 heterocycles. The Morgan fingerprint density at radius 3 is 2.36 bits per heavy atom. The van der Waals surface area contributed by atoms with Gasteiger partial charge in [-0.1, -0.05) is 30.3 Å². The third kappa shape index (κ3) is 1.59. The molecule has 2 nitrogen and oxygen atoms in total. The lowest BCUT2D eigenvalue weighted by molar-refractivity contribution is -0.841. The molecule has 0 bridgehead atoms. The van der Waals surface area contributed by atoms with Crippen molar-refractivity contribution >= 4 is 5.57 Å². The van der Waals surface area contributed by atoms with Crippen molar-refractivity contribution in [2.75, 3.05) is 0 Å². The standard InChI is InChI=1S/C12H15NO/c1-12(2)8-11(9-13(12)14)10-6-4-3-5-7-10/h3-7,9,13H,8H2,1-2H3. The second-order valence-electron chi connectivity index (χ2n) is 4.46. The summed E-state index contributed by atoms with van der Waals surface area (Å²) in [5.41, 5.74) is 2.14. The topological polar surface area (TPSA) is 27.5 Å². The normalized spacial score (nSPS) is 24.8. The Morgan fingerprint density at radius 2 is 1.86 bits per heavy atom. The molecule has 0 aliphatic carbocycles. The lowest BCUT2D eigenvalue weighted by atomic mass is 9.95. The summed E-state index contributed by atoms with van der Waals surface area (Å²) in [6.45, 7) is 4.00. The van der Waals surface area contributed by atoms with E-state index in [-0.39, 0.29) is 10.6 Å². The van der Waals surface area contributed by atoms with Gasteiger partial charge in [0, 0.05) is 12.0 Å². The highest BCUT2D eigenvalue weighted by Gasteiger charge is 2.32. The molecule has 1 N–H and O–H groups in total. The Balaban J connectivity index is 2.28. The van der Waals surface area contributed by atoms with E-state index in [4.69, 9.17) is 0 Å². The fourth-order valence-corrected chi connectivity index (χ4v) is 1.81. The highest BCUT2D eigenvalue weighted by molar-refractivity contribution is 5.66. The lowest BCUT2D eigenvalue weighted by Crippen LogP contribution is -3.09. The summed E-state index contributed by atoms with van der Waals surface area (Å²) in [5.74, 6) is 0. The molecule has 14 heavy (non-hydrogen) atoms. The zero-order valence-electron chi connectivity index (χ0n) is 8.58. The number of benzene rings is 1. The van der Waals surface area contributed by atoms with Crippen molar-refractivity contribution in [1.29, 1.82) is 0 Å². The third-order valence-electron chi connectivity index (χ3n) is 2.75. The Kier molecular flexibility index (Phi) is 2.17. The zero-order valence-corrected chi connectivity index (χ0v) is 8.58. The van der Waals surface area contributed by atoms with E-state index in [0.29, 0.717) is 0 Å². The average Bonchev–Trinajstić information content (AvgIpc) is 2.43. The first-order valence-corrected chi connectivity index (χ1v) is 4.90. The molecule has 1 aromatic carbocycles. The Hall–Kier alpha value is -1.12. The fraction of sp³-hybridized carbons (Fsp3) is 0.333. The summed E-state index contributed by atoms with van der Waals surface area (Å²) in [4.78, 5) is 0. The molecule has 1 aromatic rings. The molecule has 1 aliphatic heterocycles. The van der Waals surface area contributed by atoms with Crippen LogP contribution in [0.1, 0.15) is 25.8 Å². The minimum absolute atomic E-state index is 0.203. The van der Waals surface area contributed by atoms with E-state index in [2.05, 4.69) is 12.1 Å². The monoisotopic (exact) mass is 189 g/mol. The van der Waals surface area contributed by atoms with Gasteiger partial charge in [0.05, 0.1) is 6.20 Å². The van der Waals surface area contributed by atoms with Gasteiger partial charge in [-0.2, -0.15) is 0 Å². The van der Waals surface area contributed by atoms with Crippen LogP contribution in [0.25, 0.3) is 5.57 Å². The van der Waals surface area contributed by atoms with E-state index < -0.39 is 0 Å². The number of quaternary nitrogens is 1. The van der Waals surface area contributed by atoms with Crippen LogP contribution in [0, 0.1) is 5.21 Å². The molecule has 2 heteroatoms. The van der Waals surface area contributed by atoms with Gasteiger partial charge in [-0.15, -0.1) is 0 Å². The van der Waals surface area contributed by atoms with Crippen molar-refractivity contribution in [3.05, 3.63) is 47.3 Å². The molecule has 0 aromatic heterocycles. The maximum atomic E-state index is 11.6. The van der Waals surface area contributed by atoms with Crippen LogP contribution in [0.2, 0.25) is 0 Å². The molecule has 74 valence electrons.